The standard InChI is InChI=1S/C22H18BrFN2O3/c23-17-5-3-4-16(12-17)14-29-20-7-2-1-6-19(20)22(28)26-25-21(27)13-15-8-10-18(24)11-9-15/h1-12H,13-14H2,(H,25,27)(H,26,28). The van der Waals surface area contributed by atoms with Crippen LogP contribution in [0.3, 0.4) is 0 Å². The third kappa shape index (κ3) is 6.15. The Morgan fingerprint density at radius 2 is 1.66 bits per heavy atom. The van der Waals surface area contributed by atoms with Crippen LogP contribution in [0.5, 0.6) is 5.75 Å². The molecule has 0 heterocycles. The number of nitrogens with one attached hydrogen (secondary N) is 2. The van der Waals surface area contributed by atoms with Gasteiger partial charge in [-0.25, -0.2) is 4.39 Å². The summed E-state index contributed by atoms with van der Waals surface area (Å²) >= 11 is 3.41. The van der Waals surface area contributed by atoms with Gasteiger partial charge in [0.05, 0.1) is 12.0 Å². The number of amides is 2. The summed E-state index contributed by atoms with van der Waals surface area (Å²) in [5.74, 6) is -0.889. The van der Waals surface area contributed by atoms with Crippen molar-refractivity contribution in [3.8, 4) is 5.75 Å². The van der Waals surface area contributed by atoms with Crippen LogP contribution in [-0.2, 0) is 17.8 Å². The number of hydrogen-bond donors (Lipinski definition) is 2. The molecular weight excluding hydrogens is 439 g/mol. The molecule has 0 bridgehead atoms. The molecule has 0 aliphatic rings. The van der Waals surface area contributed by atoms with Crippen molar-refractivity contribution in [2.24, 2.45) is 0 Å². The zero-order chi connectivity index (χ0) is 20.6. The van der Waals surface area contributed by atoms with Gasteiger partial charge in [0, 0.05) is 4.47 Å². The quantitative estimate of drug-likeness (QED) is 0.547. The molecule has 3 rings (SSSR count). The molecule has 0 saturated carbocycles. The summed E-state index contributed by atoms with van der Waals surface area (Å²) in [4.78, 5) is 24.5. The number of benzene rings is 3. The van der Waals surface area contributed by atoms with Crippen molar-refractivity contribution >= 4 is 27.7 Å². The summed E-state index contributed by atoms with van der Waals surface area (Å²) in [5.41, 5.74) is 6.61. The van der Waals surface area contributed by atoms with Crippen molar-refractivity contribution in [2.75, 3.05) is 0 Å². The fourth-order valence-corrected chi connectivity index (χ4v) is 3.04. The van der Waals surface area contributed by atoms with E-state index in [1.165, 1.54) is 24.3 Å². The van der Waals surface area contributed by atoms with Crippen molar-refractivity contribution < 1.29 is 18.7 Å². The number of hydrogen-bond acceptors (Lipinski definition) is 3. The summed E-state index contributed by atoms with van der Waals surface area (Å²) < 4.78 is 19.6. The second-order valence-electron chi connectivity index (χ2n) is 6.22. The predicted molar refractivity (Wildman–Crippen MR) is 111 cm³/mol. The summed E-state index contributed by atoms with van der Waals surface area (Å²) in [6.07, 6.45) is 0.0155. The molecule has 148 valence electrons. The first kappa shape index (κ1) is 20.5. The zero-order valence-electron chi connectivity index (χ0n) is 15.3. The van der Waals surface area contributed by atoms with Crippen molar-refractivity contribution in [3.05, 3.63) is 99.8 Å². The van der Waals surface area contributed by atoms with E-state index in [4.69, 9.17) is 4.74 Å². The van der Waals surface area contributed by atoms with Gasteiger partial charge in [0.15, 0.2) is 0 Å². The average molecular weight is 457 g/mol. The predicted octanol–water partition coefficient (Wildman–Crippen LogP) is 4.17. The highest BCUT2D eigenvalue weighted by atomic mass is 79.9. The largest absolute Gasteiger partial charge is 0.488 e. The van der Waals surface area contributed by atoms with E-state index in [0.717, 1.165) is 10.0 Å². The van der Waals surface area contributed by atoms with Crippen molar-refractivity contribution in [2.45, 2.75) is 13.0 Å². The first-order chi connectivity index (χ1) is 14.0. The van der Waals surface area contributed by atoms with Crippen molar-refractivity contribution in [3.63, 3.8) is 0 Å². The van der Waals surface area contributed by atoms with Gasteiger partial charge in [-0.05, 0) is 47.5 Å². The van der Waals surface area contributed by atoms with Crippen LogP contribution in [0.15, 0.2) is 77.3 Å². The monoisotopic (exact) mass is 456 g/mol. The smallest absolute Gasteiger partial charge is 0.273 e. The number of halogens is 2. The molecule has 0 aliphatic heterocycles. The minimum absolute atomic E-state index is 0.0155. The van der Waals surface area contributed by atoms with E-state index >= 15 is 0 Å². The maximum absolute atomic E-state index is 12.9. The summed E-state index contributed by atoms with van der Waals surface area (Å²) in [7, 11) is 0. The first-order valence-corrected chi connectivity index (χ1v) is 9.60. The molecule has 0 aromatic heterocycles. The molecule has 0 unspecified atom stereocenters. The summed E-state index contributed by atoms with van der Waals surface area (Å²) in [5, 5.41) is 0. The molecule has 5 nitrogen and oxygen atoms in total. The topological polar surface area (TPSA) is 67.4 Å². The lowest BCUT2D eigenvalue weighted by Gasteiger charge is -2.12. The Labute approximate surface area is 176 Å². The summed E-state index contributed by atoms with van der Waals surface area (Å²) in [6.45, 7) is 0.292. The molecule has 0 radical (unpaired) electrons. The molecule has 3 aromatic carbocycles. The average Bonchev–Trinajstić information content (AvgIpc) is 2.72. The van der Waals surface area contributed by atoms with Crippen LogP contribution in [0, 0.1) is 5.82 Å². The van der Waals surface area contributed by atoms with Crippen LogP contribution >= 0.6 is 15.9 Å². The van der Waals surface area contributed by atoms with E-state index in [1.54, 1.807) is 24.3 Å². The molecule has 0 atom stereocenters. The lowest BCUT2D eigenvalue weighted by molar-refractivity contribution is -0.121. The van der Waals surface area contributed by atoms with Gasteiger partial charge in [-0.2, -0.15) is 0 Å². The van der Waals surface area contributed by atoms with Crippen LogP contribution in [0.4, 0.5) is 4.39 Å². The van der Waals surface area contributed by atoms with E-state index in [2.05, 4.69) is 26.8 Å². The maximum Gasteiger partial charge on any atom is 0.273 e. The number of carbonyl (C=O) groups is 2. The molecule has 0 aliphatic carbocycles. The Kier molecular flexibility index (Phi) is 6.97. The third-order valence-corrected chi connectivity index (χ3v) is 4.50. The number of hydrazine groups is 1. The van der Waals surface area contributed by atoms with Crippen molar-refractivity contribution in [1.82, 2.24) is 10.9 Å². The lowest BCUT2D eigenvalue weighted by Crippen LogP contribution is -2.42. The Morgan fingerprint density at radius 3 is 2.41 bits per heavy atom. The van der Waals surface area contributed by atoms with E-state index in [9.17, 15) is 14.0 Å². The Balaban J connectivity index is 1.57. The Morgan fingerprint density at radius 1 is 0.897 bits per heavy atom. The minimum Gasteiger partial charge on any atom is -0.488 e. The molecule has 2 N–H and O–H groups in total. The van der Waals surface area contributed by atoms with Gasteiger partial charge in [-0.1, -0.05) is 52.3 Å². The molecule has 3 aromatic rings. The Hall–Kier alpha value is -3.19. The van der Waals surface area contributed by atoms with Gasteiger partial charge >= 0.3 is 0 Å². The molecule has 0 fully saturated rings. The highest BCUT2D eigenvalue weighted by Gasteiger charge is 2.13. The highest BCUT2D eigenvalue weighted by molar-refractivity contribution is 9.10. The summed E-state index contributed by atoms with van der Waals surface area (Å²) in [6, 6.07) is 20.0. The van der Waals surface area contributed by atoms with Crippen LogP contribution in [0.25, 0.3) is 0 Å². The lowest BCUT2D eigenvalue weighted by atomic mass is 10.1. The maximum atomic E-state index is 12.9. The number of rotatable bonds is 6. The van der Waals surface area contributed by atoms with E-state index in [-0.39, 0.29) is 12.2 Å². The Bertz CT molecular complexity index is 1010. The molecule has 7 heteroatoms. The number of ether oxygens (including phenoxy) is 1. The molecule has 0 saturated heterocycles. The van der Waals surface area contributed by atoms with Crippen LogP contribution in [0.2, 0.25) is 0 Å². The van der Waals surface area contributed by atoms with Crippen LogP contribution < -0.4 is 15.6 Å². The van der Waals surface area contributed by atoms with Gasteiger partial charge in [-0.3, -0.25) is 20.4 Å². The zero-order valence-corrected chi connectivity index (χ0v) is 16.9. The first-order valence-electron chi connectivity index (χ1n) is 8.81. The van der Waals surface area contributed by atoms with Gasteiger partial charge in [-0.15, -0.1) is 0 Å². The van der Waals surface area contributed by atoms with Gasteiger partial charge in [0.1, 0.15) is 18.2 Å². The van der Waals surface area contributed by atoms with Crippen LogP contribution in [0.1, 0.15) is 21.5 Å². The molecule has 0 spiro atoms. The van der Waals surface area contributed by atoms with Gasteiger partial charge < -0.3 is 4.74 Å². The molecule has 2 amide bonds. The van der Waals surface area contributed by atoms with E-state index in [1.807, 2.05) is 24.3 Å². The molecular formula is C22H18BrFN2O3. The SMILES string of the molecule is O=C(Cc1ccc(F)cc1)NNC(=O)c1ccccc1OCc1cccc(Br)c1. The normalized spacial score (nSPS) is 10.3. The second-order valence-corrected chi connectivity index (χ2v) is 7.14. The third-order valence-electron chi connectivity index (χ3n) is 4.01. The fraction of sp³-hybridized carbons (Fsp3) is 0.0909. The molecule has 29 heavy (non-hydrogen) atoms. The number of carbonyl (C=O) groups excluding carboxylic acids is 2. The van der Waals surface area contributed by atoms with Crippen LogP contribution in [-0.4, -0.2) is 11.8 Å². The van der Waals surface area contributed by atoms with Gasteiger partial charge in [0.2, 0.25) is 5.91 Å². The highest BCUT2D eigenvalue weighted by Crippen LogP contribution is 2.20. The van der Waals surface area contributed by atoms with E-state index < -0.39 is 11.8 Å². The van der Waals surface area contributed by atoms with Gasteiger partial charge in [0.25, 0.3) is 5.91 Å². The minimum atomic E-state index is -0.498. The second kappa shape index (κ2) is 9.84. The number of para-hydroxylation sites is 1. The van der Waals surface area contributed by atoms with Crippen molar-refractivity contribution in [1.29, 1.82) is 0 Å². The fourth-order valence-electron chi connectivity index (χ4n) is 2.59. The van der Waals surface area contributed by atoms with E-state index in [0.29, 0.717) is 23.5 Å².